The fourth-order valence-electron chi connectivity index (χ4n) is 2.12. The van der Waals surface area contributed by atoms with Crippen LogP contribution in [-0.2, 0) is 0 Å². The second-order valence-electron chi connectivity index (χ2n) is 4.73. The number of halogens is 1. The van der Waals surface area contributed by atoms with Crippen LogP contribution in [0, 0.1) is 6.92 Å². The van der Waals surface area contributed by atoms with Crippen LogP contribution in [0.1, 0.15) is 5.56 Å². The Labute approximate surface area is 126 Å². The first kappa shape index (κ1) is 12.9. The molecule has 0 aliphatic rings. The van der Waals surface area contributed by atoms with Crippen LogP contribution in [0.3, 0.4) is 0 Å². The highest BCUT2D eigenvalue weighted by Crippen LogP contribution is 2.24. The van der Waals surface area contributed by atoms with Crippen LogP contribution in [0.25, 0.3) is 10.9 Å². The van der Waals surface area contributed by atoms with Crippen LogP contribution < -0.4 is 11.1 Å². The number of benzene rings is 2. The molecule has 4 heteroatoms. The van der Waals surface area contributed by atoms with E-state index in [-0.39, 0.29) is 0 Å². The van der Waals surface area contributed by atoms with Crippen LogP contribution in [-0.4, -0.2) is 4.98 Å². The number of anilines is 3. The van der Waals surface area contributed by atoms with Gasteiger partial charge in [0.1, 0.15) is 5.82 Å². The van der Waals surface area contributed by atoms with Crippen molar-refractivity contribution in [3.63, 3.8) is 0 Å². The Bertz CT molecular complexity index is 784. The minimum absolute atomic E-state index is 0.753. The normalized spacial score (nSPS) is 10.7. The number of pyridine rings is 1. The van der Waals surface area contributed by atoms with Crippen LogP contribution >= 0.6 is 15.9 Å². The monoisotopic (exact) mass is 327 g/mol. The number of nitrogens with two attached hydrogens (primary N) is 1. The topological polar surface area (TPSA) is 50.9 Å². The van der Waals surface area contributed by atoms with Gasteiger partial charge < -0.3 is 11.1 Å². The van der Waals surface area contributed by atoms with Gasteiger partial charge >= 0.3 is 0 Å². The maximum atomic E-state index is 5.77. The van der Waals surface area contributed by atoms with Crippen molar-refractivity contribution in [2.24, 2.45) is 0 Å². The Morgan fingerprint density at radius 3 is 2.70 bits per heavy atom. The number of rotatable bonds is 2. The standard InChI is InChI=1S/C16H14BrN3/c1-10-8-12(17)3-5-14(10)19-16-7-2-11-9-13(18)4-6-15(11)20-16/h2-9H,18H2,1H3,(H,19,20). The molecule has 3 aromatic rings. The number of nitrogens with zero attached hydrogens (tertiary/aromatic N) is 1. The zero-order valence-corrected chi connectivity index (χ0v) is 12.6. The summed E-state index contributed by atoms with van der Waals surface area (Å²) < 4.78 is 1.07. The molecule has 100 valence electrons. The third-order valence-corrected chi connectivity index (χ3v) is 3.66. The molecule has 3 N–H and O–H groups in total. The fraction of sp³-hybridized carbons (Fsp3) is 0.0625. The summed E-state index contributed by atoms with van der Waals surface area (Å²) in [5.74, 6) is 0.827. The number of nitrogen functional groups attached to an aromatic ring is 1. The van der Waals surface area contributed by atoms with Gasteiger partial charge in [0.05, 0.1) is 5.52 Å². The fourth-order valence-corrected chi connectivity index (χ4v) is 2.59. The second kappa shape index (κ2) is 5.13. The third-order valence-electron chi connectivity index (χ3n) is 3.16. The maximum absolute atomic E-state index is 5.77. The smallest absolute Gasteiger partial charge is 0.131 e. The number of hydrogen-bond donors (Lipinski definition) is 2. The SMILES string of the molecule is Cc1cc(Br)ccc1Nc1ccc2cc(N)ccc2n1. The van der Waals surface area contributed by atoms with Crippen molar-refractivity contribution in [2.45, 2.75) is 6.92 Å². The lowest BCUT2D eigenvalue weighted by molar-refractivity contribution is 1.34. The van der Waals surface area contributed by atoms with Crippen LogP contribution in [0.4, 0.5) is 17.2 Å². The Kier molecular flexibility index (Phi) is 3.32. The zero-order valence-electron chi connectivity index (χ0n) is 11.0. The second-order valence-corrected chi connectivity index (χ2v) is 5.65. The summed E-state index contributed by atoms with van der Waals surface area (Å²) >= 11 is 3.47. The minimum atomic E-state index is 0.753. The Balaban J connectivity index is 1.96. The molecule has 0 unspecified atom stereocenters. The van der Waals surface area contributed by atoms with E-state index in [4.69, 9.17) is 5.73 Å². The molecule has 2 aromatic carbocycles. The van der Waals surface area contributed by atoms with Crippen molar-refractivity contribution < 1.29 is 0 Å². The predicted molar refractivity (Wildman–Crippen MR) is 88.3 cm³/mol. The van der Waals surface area contributed by atoms with Crippen LogP contribution in [0.15, 0.2) is 53.0 Å². The summed E-state index contributed by atoms with van der Waals surface area (Å²) in [5, 5.41) is 4.39. The molecule has 0 amide bonds. The number of nitrogens with one attached hydrogen (secondary N) is 1. The van der Waals surface area contributed by atoms with E-state index < -0.39 is 0 Å². The molecular formula is C16H14BrN3. The Hall–Kier alpha value is -2.07. The minimum Gasteiger partial charge on any atom is -0.399 e. The lowest BCUT2D eigenvalue weighted by Crippen LogP contribution is -1.96. The summed E-state index contributed by atoms with van der Waals surface area (Å²) in [6.45, 7) is 2.06. The molecule has 0 aliphatic carbocycles. The lowest BCUT2D eigenvalue weighted by Gasteiger charge is -2.10. The largest absolute Gasteiger partial charge is 0.399 e. The van der Waals surface area contributed by atoms with Crippen LogP contribution in [0.5, 0.6) is 0 Å². The van der Waals surface area contributed by atoms with Crippen molar-refractivity contribution in [1.29, 1.82) is 0 Å². The summed E-state index contributed by atoms with van der Waals surface area (Å²) in [5.41, 5.74) is 9.67. The van der Waals surface area contributed by atoms with E-state index in [0.717, 1.165) is 32.6 Å². The quantitative estimate of drug-likeness (QED) is 0.674. The summed E-state index contributed by atoms with van der Waals surface area (Å²) in [7, 11) is 0. The highest BCUT2D eigenvalue weighted by Gasteiger charge is 2.02. The molecule has 0 atom stereocenters. The van der Waals surface area contributed by atoms with Crippen molar-refractivity contribution in [1.82, 2.24) is 4.98 Å². The average molecular weight is 328 g/mol. The van der Waals surface area contributed by atoms with E-state index in [2.05, 4.69) is 39.2 Å². The molecule has 0 spiro atoms. The maximum Gasteiger partial charge on any atom is 0.131 e. The molecule has 3 rings (SSSR count). The number of aryl methyl sites for hydroxylation is 1. The van der Waals surface area contributed by atoms with Gasteiger partial charge in [-0.15, -0.1) is 0 Å². The van der Waals surface area contributed by atoms with E-state index in [1.54, 1.807) is 0 Å². The third kappa shape index (κ3) is 2.60. The van der Waals surface area contributed by atoms with Crippen LogP contribution in [0.2, 0.25) is 0 Å². The first-order valence-corrected chi connectivity index (χ1v) is 7.10. The molecule has 0 aliphatic heterocycles. The average Bonchev–Trinajstić information content (AvgIpc) is 2.42. The molecular weight excluding hydrogens is 314 g/mol. The molecule has 20 heavy (non-hydrogen) atoms. The number of fused-ring (bicyclic) bond motifs is 1. The van der Waals surface area contributed by atoms with E-state index in [9.17, 15) is 0 Å². The van der Waals surface area contributed by atoms with Gasteiger partial charge in [-0.1, -0.05) is 15.9 Å². The molecule has 1 aromatic heterocycles. The highest BCUT2D eigenvalue weighted by molar-refractivity contribution is 9.10. The van der Waals surface area contributed by atoms with E-state index in [0.29, 0.717) is 0 Å². The molecule has 0 fully saturated rings. The molecule has 3 nitrogen and oxygen atoms in total. The van der Waals surface area contributed by atoms with E-state index >= 15 is 0 Å². The van der Waals surface area contributed by atoms with E-state index in [1.807, 2.05) is 42.5 Å². The number of hydrogen-bond acceptors (Lipinski definition) is 3. The highest BCUT2D eigenvalue weighted by atomic mass is 79.9. The van der Waals surface area contributed by atoms with Gasteiger partial charge in [0, 0.05) is 21.2 Å². The van der Waals surface area contributed by atoms with Gasteiger partial charge in [-0.25, -0.2) is 4.98 Å². The summed E-state index contributed by atoms with van der Waals surface area (Å²) in [6.07, 6.45) is 0. The van der Waals surface area contributed by atoms with Gasteiger partial charge in [0.25, 0.3) is 0 Å². The molecule has 0 bridgehead atoms. The van der Waals surface area contributed by atoms with Gasteiger partial charge in [-0.3, -0.25) is 0 Å². The van der Waals surface area contributed by atoms with E-state index in [1.165, 1.54) is 5.56 Å². The summed E-state index contributed by atoms with van der Waals surface area (Å²) in [6, 6.07) is 15.8. The molecule has 0 saturated carbocycles. The first-order valence-electron chi connectivity index (χ1n) is 6.31. The van der Waals surface area contributed by atoms with Crippen molar-refractivity contribution in [3.05, 3.63) is 58.6 Å². The van der Waals surface area contributed by atoms with Gasteiger partial charge in [-0.05, 0) is 61.0 Å². The van der Waals surface area contributed by atoms with Crippen molar-refractivity contribution in [3.8, 4) is 0 Å². The Morgan fingerprint density at radius 2 is 1.90 bits per heavy atom. The molecule has 0 saturated heterocycles. The Morgan fingerprint density at radius 1 is 1.05 bits per heavy atom. The molecule has 1 heterocycles. The molecule has 0 radical (unpaired) electrons. The van der Waals surface area contributed by atoms with Gasteiger partial charge in [0.2, 0.25) is 0 Å². The van der Waals surface area contributed by atoms with Gasteiger partial charge in [-0.2, -0.15) is 0 Å². The number of aromatic nitrogens is 1. The predicted octanol–water partition coefficient (Wildman–Crippen LogP) is 4.63. The summed E-state index contributed by atoms with van der Waals surface area (Å²) in [4.78, 5) is 4.60. The lowest BCUT2D eigenvalue weighted by atomic mass is 10.2. The zero-order chi connectivity index (χ0) is 14.1. The van der Waals surface area contributed by atoms with Gasteiger partial charge in [0.15, 0.2) is 0 Å². The van der Waals surface area contributed by atoms with Crippen molar-refractivity contribution >= 4 is 44.0 Å². The first-order chi connectivity index (χ1) is 9.61. The van der Waals surface area contributed by atoms with Crippen molar-refractivity contribution in [2.75, 3.05) is 11.1 Å².